The van der Waals surface area contributed by atoms with Crippen molar-refractivity contribution < 1.29 is 15.0 Å². The highest BCUT2D eigenvalue weighted by molar-refractivity contribution is 5.74. The summed E-state index contributed by atoms with van der Waals surface area (Å²) in [4.78, 5) is 13.1. The van der Waals surface area contributed by atoms with Crippen molar-refractivity contribution in [3.8, 4) is 0 Å². The third kappa shape index (κ3) is 2.65. The molecular formula is C13H17NO3. The molecule has 0 saturated carbocycles. The standard InChI is InChI=1S/C13H17NO3/c1-9(15)7-14-8-11-5-3-2-4-10(11)6-12(14)13(16)17/h2-5,9,12,15H,6-8H2,1H3,(H,16,17). The van der Waals surface area contributed by atoms with Gasteiger partial charge in [0.05, 0.1) is 6.10 Å². The molecule has 2 unspecified atom stereocenters. The molecule has 4 nitrogen and oxygen atoms in total. The van der Waals surface area contributed by atoms with Crippen molar-refractivity contribution in [1.29, 1.82) is 0 Å². The van der Waals surface area contributed by atoms with Crippen molar-refractivity contribution in [3.05, 3.63) is 35.4 Å². The fraction of sp³-hybridized carbons (Fsp3) is 0.462. The van der Waals surface area contributed by atoms with Crippen molar-refractivity contribution in [2.75, 3.05) is 6.54 Å². The first kappa shape index (κ1) is 12.1. The molecule has 0 fully saturated rings. The van der Waals surface area contributed by atoms with E-state index in [4.69, 9.17) is 0 Å². The van der Waals surface area contributed by atoms with E-state index < -0.39 is 18.1 Å². The van der Waals surface area contributed by atoms with Gasteiger partial charge in [-0.2, -0.15) is 0 Å². The Hall–Kier alpha value is -1.39. The first-order chi connectivity index (χ1) is 8.08. The number of nitrogens with zero attached hydrogens (tertiary/aromatic N) is 1. The van der Waals surface area contributed by atoms with Crippen molar-refractivity contribution >= 4 is 5.97 Å². The van der Waals surface area contributed by atoms with Crippen LogP contribution in [0, 0.1) is 0 Å². The van der Waals surface area contributed by atoms with Crippen molar-refractivity contribution in [2.24, 2.45) is 0 Å². The summed E-state index contributed by atoms with van der Waals surface area (Å²) in [6, 6.07) is 7.36. The van der Waals surface area contributed by atoms with E-state index in [-0.39, 0.29) is 0 Å². The van der Waals surface area contributed by atoms with E-state index in [0.29, 0.717) is 19.5 Å². The van der Waals surface area contributed by atoms with E-state index >= 15 is 0 Å². The Kier molecular flexibility index (Phi) is 3.45. The van der Waals surface area contributed by atoms with Crippen LogP contribution in [0.2, 0.25) is 0 Å². The number of rotatable bonds is 3. The topological polar surface area (TPSA) is 60.8 Å². The van der Waals surface area contributed by atoms with Crippen LogP contribution in [-0.2, 0) is 17.8 Å². The summed E-state index contributed by atoms with van der Waals surface area (Å²) in [6.07, 6.45) is 0.000197. The van der Waals surface area contributed by atoms with Gasteiger partial charge >= 0.3 is 5.97 Å². The second-order valence-electron chi connectivity index (χ2n) is 4.61. The predicted octanol–water partition coefficient (Wildman–Crippen LogP) is 0.879. The maximum atomic E-state index is 11.2. The van der Waals surface area contributed by atoms with Gasteiger partial charge in [-0.15, -0.1) is 0 Å². The van der Waals surface area contributed by atoms with Crippen LogP contribution in [0.15, 0.2) is 24.3 Å². The Labute approximate surface area is 100 Å². The van der Waals surface area contributed by atoms with E-state index in [0.717, 1.165) is 11.1 Å². The van der Waals surface area contributed by atoms with Crippen LogP contribution in [0.5, 0.6) is 0 Å². The lowest BCUT2D eigenvalue weighted by atomic mass is 9.94. The normalized spacial score (nSPS) is 21.9. The van der Waals surface area contributed by atoms with Gasteiger partial charge in [-0.05, 0) is 24.5 Å². The molecule has 1 aromatic rings. The average Bonchev–Trinajstić information content (AvgIpc) is 2.27. The van der Waals surface area contributed by atoms with Crippen LogP contribution in [-0.4, -0.2) is 39.8 Å². The summed E-state index contributed by atoms with van der Waals surface area (Å²) in [5, 5.41) is 18.6. The Morgan fingerprint density at radius 1 is 1.47 bits per heavy atom. The molecule has 0 amide bonds. The van der Waals surface area contributed by atoms with Gasteiger partial charge in [0.2, 0.25) is 0 Å². The maximum absolute atomic E-state index is 11.2. The highest BCUT2D eigenvalue weighted by Gasteiger charge is 2.31. The van der Waals surface area contributed by atoms with Crippen LogP contribution >= 0.6 is 0 Å². The minimum absolute atomic E-state index is 0.394. The molecule has 0 aromatic heterocycles. The number of hydrogen-bond acceptors (Lipinski definition) is 3. The van der Waals surface area contributed by atoms with E-state index in [2.05, 4.69) is 0 Å². The van der Waals surface area contributed by atoms with Crippen molar-refractivity contribution in [2.45, 2.75) is 32.0 Å². The van der Waals surface area contributed by atoms with Crippen LogP contribution in [0.4, 0.5) is 0 Å². The van der Waals surface area contributed by atoms with E-state index in [1.165, 1.54) is 0 Å². The van der Waals surface area contributed by atoms with Gasteiger partial charge in [-0.3, -0.25) is 9.69 Å². The fourth-order valence-electron chi connectivity index (χ4n) is 2.35. The minimum Gasteiger partial charge on any atom is -0.480 e. The van der Waals surface area contributed by atoms with Crippen LogP contribution in [0.1, 0.15) is 18.1 Å². The average molecular weight is 235 g/mol. The first-order valence-electron chi connectivity index (χ1n) is 5.79. The van der Waals surface area contributed by atoms with Gasteiger partial charge in [0, 0.05) is 13.1 Å². The third-order valence-electron chi connectivity index (χ3n) is 3.13. The SMILES string of the molecule is CC(O)CN1Cc2ccccc2CC1C(=O)O. The number of carbonyl (C=O) groups is 1. The summed E-state index contributed by atoms with van der Waals surface area (Å²) in [5.74, 6) is -0.819. The Morgan fingerprint density at radius 3 is 2.71 bits per heavy atom. The molecule has 2 atom stereocenters. The van der Waals surface area contributed by atoms with Crippen molar-refractivity contribution in [1.82, 2.24) is 4.90 Å². The van der Waals surface area contributed by atoms with E-state index in [9.17, 15) is 15.0 Å². The fourth-order valence-corrected chi connectivity index (χ4v) is 2.35. The molecule has 2 rings (SSSR count). The first-order valence-corrected chi connectivity index (χ1v) is 5.79. The lowest BCUT2D eigenvalue weighted by Gasteiger charge is -2.35. The molecule has 0 bridgehead atoms. The number of fused-ring (bicyclic) bond motifs is 1. The summed E-state index contributed by atoms with van der Waals surface area (Å²) in [5.41, 5.74) is 2.26. The lowest BCUT2D eigenvalue weighted by Crippen LogP contribution is -2.48. The van der Waals surface area contributed by atoms with Gasteiger partial charge in [-0.1, -0.05) is 24.3 Å². The molecule has 2 N–H and O–H groups in total. The molecule has 0 aliphatic carbocycles. The molecule has 4 heteroatoms. The molecule has 17 heavy (non-hydrogen) atoms. The monoisotopic (exact) mass is 235 g/mol. The molecule has 1 aromatic carbocycles. The number of β-amino-alcohol motifs (C(OH)–C–C–N with tert-alkyl or cyclic N) is 1. The van der Waals surface area contributed by atoms with Gasteiger partial charge in [0.25, 0.3) is 0 Å². The number of benzene rings is 1. The zero-order valence-electron chi connectivity index (χ0n) is 9.84. The van der Waals surface area contributed by atoms with Crippen molar-refractivity contribution in [3.63, 3.8) is 0 Å². The summed E-state index contributed by atoms with van der Waals surface area (Å²) < 4.78 is 0. The zero-order valence-corrected chi connectivity index (χ0v) is 9.84. The number of hydrogen-bond donors (Lipinski definition) is 2. The Balaban J connectivity index is 2.24. The van der Waals surface area contributed by atoms with Gasteiger partial charge in [0.1, 0.15) is 6.04 Å². The molecule has 0 saturated heterocycles. The maximum Gasteiger partial charge on any atom is 0.321 e. The number of aliphatic carboxylic acids is 1. The highest BCUT2D eigenvalue weighted by atomic mass is 16.4. The number of carboxylic acid groups (broad SMARTS) is 1. The molecule has 92 valence electrons. The van der Waals surface area contributed by atoms with Gasteiger partial charge in [-0.25, -0.2) is 0 Å². The van der Waals surface area contributed by atoms with Crippen LogP contribution < -0.4 is 0 Å². The molecule has 0 radical (unpaired) electrons. The summed E-state index contributed by atoms with van der Waals surface area (Å²) in [7, 11) is 0. The number of aliphatic hydroxyl groups is 1. The van der Waals surface area contributed by atoms with E-state index in [1.807, 2.05) is 29.2 Å². The highest BCUT2D eigenvalue weighted by Crippen LogP contribution is 2.23. The smallest absolute Gasteiger partial charge is 0.321 e. The summed E-state index contributed by atoms with van der Waals surface area (Å²) >= 11 is 0. The molecular weight excluding hydrogens is 218 g/mol. The second kappa shape index (κ2) is 4.85. The Morgan fingerprint density at radius 2 is 2.12 bits per heavy atom. The number of carboxylic acids is 1. The molecule has 1 aliphatic rings. The van der Waals surface area contributed by atoms with Crippen LogP contribution in [0.25, 0.3) is 0 Å². The second-order valence-corrected chi connectivity index (χ2v) is 4.61. The zero-order chi connectivity index (χ0) is 12.4. The molecule has 1 heterocycles. The lowest BCUT2D eigenvalue weighted by molar-refractivity contribution is -0.144. The molecule has 1 aliphatic heterocycles. The number of aliphatic hydroxyl groups excluding tert-OH is 1. The largest absolute Gasteiger partial charge is 0.480 e. The van der Waals surface area contributed by atoms with Crippen LogP contribution in [0.3, 0.4) is 0 Å². The summed E-state index contributed by atoms with van der Waals surface area (Å²) in [6.45, 7) is 2.67. The quantitative estimate of drug-likeness (QED) is 0.816. The Bertz CT molecular complexity index is 417. The predicted molar refractivity (Wildman–Crippen MR) is 63.7 cm³/mol. The third-order valence-corrected chi connectivity index (χ3v) is 3.13. The van der Waals surface area contributed by atoms with Gasteiger partial charge in [0.15, 0.2) is 0 Å². The van der Waals surface area contributed by atoms with E-state index in [1.54, 1.807) is 6.92 Å². The van der Waals surface area contributed by atoms with Gasteiger partial charge < -0.3 is 10.2 Å². The molecule has 0 spiro atoms. The minimum atomic E-state index is -0.819.